The molecule has 2 N–H and O–H groups in total. The average Bonchev–Trinajstić information content (AvgIpc) is 1.65. The monoisotopic (exact) mass is 120 g/mol. The molecule has 0 aliphatic carbocycles. The van der Waals surface area contributed by atoms with Gasteiger partial charge in [-0.1, -0.05) is 11.8 Å². The summed E-state index contributed by atoms with van der Waals surface area (Å²) in [7, 11) is 0. The Morgan fingerprint density at radius 1 is 1.43 bits per heavy atom. The average molecular weight is 120 g/mol. The molecule has 0 spiro atoms. The maximum atomic E-state index is 8.53. The minimum atomic E-state index is -0.0208. The molecule has 0 aromatic carbocycles. The van der Waals surface area contributed by atoms with Crippen LogP contribution in [0, 0.1) is 0 Å². The molecule has 0 heterocycles. The first-order valence-corrected chi connectivity index (χ1v) is 3.03. The second kappa shape index (κ2) is 2.80. The van der Waals surface area contributed by atoms with Crippen LogP contribution in [0.5, 0.6) is 0 Å². The van der Waals surface area contributed by atoms with Crippen LogP contribution in [0.2, 0.25) is 0 Å². The van der Waals surface area contributed by atoms with Crippen molar-refractivity contribution in [2.45, 2.75) is 6.92 Å². The highest BCUT2D eigenvalue weighted by Crippen LogP contribution is 2.09. The smallest absolute Gasteiger partial charge is 0.187 e. The number of aliphatic hydroxyl groups excluding tert-OH is 2. The third-order valence-corrected chi connectivity index (χ3v) is 1.18. The molecule has 0 fully saturated rings. The lowest BCUT2D eigenvalue weighted by Crippen LogP contribution is -1.77. The third-order valence-electron chi connectivity index (χ3n) is 0.503. The Kier molecular flexibility index (Phi) is 2.67. The molecular weight excluding hydrogens is 112 g/mol. The van der Waals surface area contributed by atoms with E-state index in [0.29, 0.717) is 0 Å². The number of allylic oxidation sites excluding steroid dienone is 1. The van der Waals surface area contributed by atoms with Crippen LogP contribution in [-0.2, 0) is 0 Å². The van der Waals surface area contributed by atoms with Crippen molar-refractivity contribution in [3.8, 4) is 0 Å². The molecule has 0 aromatic rings. The normalized spacial score (nSPS) is 13.4. The molecule has 3 heteroatoms. The van der Waals surface area contributed by atoms with Crippen LogP contribution in [0.4, 0.5) is 0 Å². The van der Waals surface area contributed by atoms with Crippen molar-refractivity contribution >= 4 is 11.8 Å². The number of hydrogen-bond donors (Lipinski definition) is 2. The Bertz CT molecular complexity index is 83.7. The minimum absolute atomic E-state index is 0.0139. The Morgan fingerprint density at radius 3 is 1.86 bits per heavy atom. The lowest BCUT2D eigenvalue weighted by atomic mass is 10.6. The minimum Gasteiger partial charge on any atom is -0.508 e. The van der Waals surface area contributed by atoms with E-state index in [-0.39, 0.29) is 10.9 Å². The van der Waals surface area contributed by atoms with Crippen LogP contribution in [0.3, 0.4) is 0 Å². The van der Waals surface area contributed by atoms with E-state index in [2.05, 4.69) is 0 Å². The summed E-state index contributed by atoms with van der Waals surface area (Å²) in [5.74, 6) is -0.0208. The van der Waals surface area contributed by atoms with Crippen LogP contribution in [0.15, 0.2) is 10.9 Å². The van der Waals surface area contributed by atoms with Gasteiger partial charge in [0.25, 0.3) is 0 Å². The Labute approximate surface area is 46.9 Å². The molecule has 0 atom stereocenters. The maximum absolute atomic E-state index is 8.53. The van der Waals surface area contributed by atoms with E-state index in [1.165, 1.54) is 6.92 Å². The molecule has 0 radical (unpaired) electrons. The van der Waals surface area contributed by atoms with Gasteiger partial charge in [0, 0.05) is 0 Å². The fraction of sp³-hybridized carbons (Fsp3) is 0.500. The number of aliphatic hydroxyl groups is 2. The van der Waals surface area contributed by atoms with Crippen molar-refractivity contribution in [3.05, 3.63) is 10.9 Å². The van der Waals surface area contributed by atoms with Crippen molar-refractivity contribution in [1.82, 2.24) is 0 Å². The zero-order valence-electron chi connectivity index (χ0n) is 4.30. The molecule has 0 rings (SSSR count). The quantitative estimate of drug-likeness (QED) is 0.517. The van der Waals surface area contributed by atoms with Crippen molar-refractivity contribution in [2.75, 3.05) is 6.26 Å². The first kappa shape index (κ1) is 6.69. The van der Waals surface area contributed by atoms with Gasteiger partial charge in [-0.05, 0) is 13.2 Å². The van der Waals surface area contributed by atoms with Crippen LogP contribution in [0.25, 0.3) is 0 Å². The Hall–Kier alpha value is -0.310. The molecule has 0 saturated carbocycles. The summed E-state index contributed by atoms with van der Waals surface area (Å²) in [6.07, 6.45) is 1.69. The number of rotatable bonds is 1. The first-order valence-electron chi connectivity index (χ1n) is 1.81. The predicted octanol–water partition coefficient (Wildman–Crippen LogP) is 1.65. The molecule has 0 amide bonds. The lowest BCUT2D eigenvalue weighted by molar-refractivity contribution is 0.354. The topological polar surface area (TPSA) is 40.5 Å². The molecule has 0 saturated heterocycles. The van der Waals surface area contributed by atoms with E-state index in [9.17, 15) is 0 Å². The highest BCUT2D eigenvalue weighted by molar-refractivity contribution is 8.02. The van der Waals surface area contributed by atoms with Gasteiger partial charge in [-0.25, -0.2) is 0 Å². The summed E-state index contributed by atoms with van der Waals surface area (Å²) >= 11 is 1.12. The van der Waals surface area contributed by atoms with Gasteiger partial charge in [0.15, 0.2) is 5.09 Å². The second-order valence-electron chi connectivity index (χ2n) is 1.09. The number of hydrogen-bond acceptors (Lipinski definition) is 3. The molecule has 0 aliphatic rings. The fourth-order valence-electron chi connectivity index (χ4n) is 0.148. The zero-order chi connectivity index (χ0) is 5.86. The fourth-order valence-corrected chi connectivity index (χ4v) is 0.443. The summed E-state index contributed by atoms with van der Waals surface area (Å²) < 4.78 is 0. The van der Waals surface area contributed by atoms with E-state index < -0.39 is 0 Å². The van der Waals surface area contributed by atoms with E-state index >= 15 is 0 Å². The summed E-state index contributed by atoms with van der Waals surface area (Å²) in [6.45, 7) is 1.44. The van der Waals surface area contributed by atoms with E-state index in [0.717, 1.165) is 11.8 Å². The van der Waals surface area contributed by atoms with E-state index in [1.807, 2.05) is 0 Å². The standard InChI is InChI=1S/C4H8O2S/c1-3(5)4(6)7-2/h5-6H,1-2H3/b4-3+. The molecule has 7 heavy (non-hydrogen) atoms. The van der Waals surface area contributed by atoms with Crippen molar-refractivity contribution < 1.29 is 10.2 Å². The highest BCUT2D eigenvalue weighted by Gasteiger charge is 1.90. The van der Waals surface area contributed by atoms with Gasteiger partial charge in [0.05, 0.1) is 0 Å². The van der Waals surface area contributed by atoms with Gasteiger partial charge < -0.3 is 10.2 Å². The SMILES string of the molecule is CS/C(O)=C(\C)O. The van der Waals surface area contributed by atoms with Crippen LogP contribution >= 0.6 is 11.8 Å². The summed E-state index contributed by atoms with van der Waals surface area (Å²) in [5, 5.41) is 16.9. The van der Waals surface area contributed by atoms with Gasteiger partial charge in [-0.2, -0.15) is 0 Å². The predicted molar refractivity (Wildman–Crippen MR) is 31.5 cm³/mol. The van der Waals surface area contributed by atoms with Gasteiger partial charge in [-0.15, -0.1) is 0 Å². The molecule has 0 bridgehead atoms. The second-order valence-corrected chi connectivity index (χ2v) is 1.89. The van der Waals surface area contributed by atoms with Gasteiger partial charge in [0.1, 0.15) is 5.76 Å². The zero-order valence-corrected chi connectivity index (χ0v) is 5.12. The highest BCUT2D eigenvalue weighted by atomic mass is 32.2. The third kappa shape index (κ3) is 2.39. The van der Waals surface area contributed by atoms with Gasteiger partial charge >= 0.3 is 0 Å². The maximum Gasteiger partial charge on any atom is 0.187 e. The van der Waals surface area contributed by atoms with Crippen LogP contribution < -0.4 is 0 Å². The molecule has 0 aromatic heterocycles. The molecule has 2 nitrogen and oxygen atoms in total. The van der Waals surface area contributed by atoms with Gasteiger partial charge in [0.2, 0.25) is 0 Å². The van der Waals surface area contributed by atoms with E-state index in [1.54, 1.807) is 6.26 Å². The Balaban J connectivity index is 3.72. The molecule has 0 aliphatic heterocycles. The lowest BCUT2D eigenvalue weighted by Gasteiger charge is -1.91. The van der Waals surface area contributed by atoms with Gasteiger partial charge in [-0.3, -0.25) is 0 Å². The summed E-state index contributed by atoms with van der Waals surface area (Å²) in [6, 6.07) is 0. The molecule has 0 unspecified atom stereocenters. The van der Waals surface area contributed by atoms with Crippen molar-refractivity contribution in [2.24, 2.45) is 0 Å². The summed E-state index contributed by atoms with van der Waals surface area (Å²) in [4.78, 5) is 0. The molecular formula is C4H8O2S. The Morgan fingerprint density at radius 2 is 1.86 bits per heavy atom. The number of thioether (sulfide) groups is 1. The van der Waals surface area contributed by atoms with Crippen LogP contribution in [-0.4, -0.2) is 16.5 Å². The first-order chi connectivity index (χ1) is 3.18. The van der Waals surface area contributed by atoms with Crippen LogP contribution in [0.1, 0.15) is 6.92 Å². The molecule has 42 valence electrons. The van der Waals surface area contributed by atoms with E-state index in [4.69, 9.17) is 10.2 Å². The largest absolute Gasteiger partial charge is 0.508 e. The van der Waals surface area contributed by atoms with Crippen molar-refractivity contribution in [3.63, 3.8) is 0 Å². The summed E-state index contributed by atoms with van der Waals surface area (Å²) in [5.41, 5.74) is 0. The van der Waals surface area contributed by atoms with Crippen molar-refractivity contribution in [1.29, 1.82) is 0 Å².